The molecule has 1 aromatic carbocycles. The van der Waals surface area contributed by atoms with Gasteiger partial charge in [0.25, 0.3) is 5.91 Å². The van der Waals surface area contributed by atoms with Gasteiger partial charge in [0.05, 0.1) is 18.2 Å². The second-order valence-electron chi connectivity index (χ2n) is 6.46. The highest BCUT2D eigenvalue weighted by molar-refractivity contribution is 5.96. The number of likely N-dealkylation sites (tertiary alicyclic amines) is 1. The Hall–Kier alpha value is -2.39. The smallest absolute Gasteiger partial charge is 0.254 e. The topological polar surface area (TPSA) is 73.6 Å². The van der Waals surface area contributed by atoms with Crippen LogP contribution in [0.5, 0.6) is 0 Å². The number of methoxy groups -OCH3 is 1. The van der Waals surface area contributed by atoms with Crippen LogP contribution in [0.1, 0.15) is 35.2 Å². The second-order valence-corrected chi connectivity index (χ2v) is 6.46. The van der Waals surface area contributed by atoms with E-state index in [1.807, 2.05) is 11.0 Å². The van der Waals surface area contributed by atoms with Crippen LogP contribution >= 0.6 is 0 Å². The minimum Gasteiger partial charge on any atom is -0.385 e. The molecular formula is C19H25N3O3. The van der Waals surface area contributed by atoms with E-state index in [1.165, 1.54) is 4.90 Å². The van der Waals surface area contributed by atoms with Gasteiger partial charge in [0.15, 0.2) is 0 Å². The Kier molecular flexibility index (Phi) is 6.96. The van der Waals surface area contributed by atoms with Gasteiger partial charge in [-0.2, -0.15) is 5.26 Å². The van der Waals surface area contributed by atoms with Gasteiger partial charge in [-0.25, -0.2) is 0 Å². The number of nitriles is 1. The van der Waals surface area contributed by atoms with Gasteiger partial charge in [-0.05, 0) is 49.4 Å². The second kappa shape index (κ2) is 9.19. The number of carbonyl (C=O) groups is 2. The molecule has 1 aliphatic heterocycles. The molecule has 0 spiro atoms. The molecule has 0 aliphatic carbocycles. The molecule has 2 rings (SSSR count). The summed E-state index contributed by atoms with van der Waals surface area (Å²) in [5, 5.41) is 8.80. The third-order valence-corrected chi connectivity index (χ3v) is 4.68. The molecule has 1 aliphatic rings. The summed E-state index contributed by atoms with van der Waals surface area (Å²) >= 11 is 0. The van der Waals surface area contributed by atoms with E-state index < -0.39 is 0 Å². The number of nitrogens with zero attached hydrogens (tertiary/aromatic N) is 3. The van der Waals surface area contributed by atoms with Crippen LogP contribution in [0.25, 0.3) is 0 Å². The van der Waals surface area contributed by atoms with Crippen molar-refractivity contribution in [3.8, 4) is 6.07 Å². The Labute approximate surface area is 149 Å². The molecule has 1 saturated heterocycles. The zero-order chi connectivity index (χ0) is 18.2. The van der Waals surface area contributed by atoms with E-state index in [1.54, 1.807) is 38.4 Å². The lowest BCUT2D eigenvalue weighted by Gasteiger charge is -2.33. The Balaban J connectivity index is 1.83. The van der Waals surface area contributed by atoms with Gasteiger partial charge < -0.3 is 14.5 Å². The van der Waals surface area contributed by atoms with Gasteiger partial charge in [0, 0.05) is 39.4 Å². The van der Waals surface area contributed by atoms with E-state index in [4.69, 9.17) is 10.00 Å². The van der Waals surface area contributed by atoms with Gasteiger partial charge in [0.2, 0.25) is 5.91 Å². The zero-order valence-corrected chi connectivity index (χ0v) is 14.9. The largest absolute Gasteiger partial charge is 0.385 e. The molecule has 1 aromatic rings. The van der Waals surface area contributed by atoms with E-state index in [-0.39, 0.29) is 18.4 Å². The summed E-state index contributed by atoms with van der Waals surface area (Å²) in [6.45, 7) is 2.32. The number of amides is 2. The van der Waals surface area contributed by atoms with Crippen LogP contribution in [0.3, 0.4) is 0 Å². The number of likely N-dealkylation sites (N-methyl/N-ethyl adjacent to an activating group) is 1. The van der Waals surface area contributed by atoms with E-state index in [0.29, 0.717) is 17.0 Å². The molecule has 0 N–H and O–H groups in total. The molecule has 0 bridgehead atoms. The third-order valence-electron chi connectivity index (χ3n) is 4.68. The van der Waals surface area contributed by atoms with Crippen LogP contribution in [-0.4, -0.2) is 62.0 Å². The van der Waals surface area contributed by atoms with E-state index in [9.17, 15) is 9.59 Å². The van der Waals surface area contributed by atoms with Crippen LogP contribution in [0.2, 0.25) is 0 Å². The monoisotopic (exact) mass is 343 g/mol. The van der Waals surface area contributed by atoms with E-state index in [0.717, 1.165) is 39.0 Å². The van der Waals surface area contributed by atoms with Crippen molar-refractivity contribution >= 4 is 11.8 Å². The van der Waals surface area contributed by atoms with Crippen molar-refractivity contribution < 1.29 is 14.3 Å². The number of benzene rings is 1. The first-order chi connectivity index (χ1) is 12.0. The highest BCUT2D eigenvalue weighted by Gasteiger charge is 2.24. The molecule has 6 heteroatoms. The minimum absolute atomic E-state index is 0.0188. The Morgan fingerprint density at radius 1 is 1.28 bits per heavy atom. The molecule has 6 nitrogen and oxygen atoms in total. The maximum Gasteiger partial charge on any atom is 0.254 e. The van der Waals surface area contributed by atoms with Crippen molar-refractivity contribution in [3.05, 3.63) is 35.4 Å². The molecular weight excluding hydrogens is 318 g/mol. The van der Waals surface area contributed by atoms with E-state index >= 15 is 0 Å². The predicted molar refractivity (Wildman–Crippen MR) is 93.9 cm³/mol. The van der Waals surface area contributed by atoms with Crippen molar-refractivity contribution in [2.45, 2.75) is 19.3 Å². The van der Waals surface area contributed by atoms with Gasteiger partial charge >= 0.3 is 0 Å². The molecule has 0 unspecified atom stereocenters. The Morgan fingerprint density at radius 3 is 2.48 bits per heavy atom. The van der Waals surface area contributed by atoms with Crippen molar-refractivity contribution in [1.82, 2.24) is 9.80 Å². The zero-order valence-electron chi connectivity index (χ0n) is 14.9. The lowest BCUT2D eigenvalue weighted by atomic mass is 9.94. The fourth-order valence-corrected chi connectivity index (χ4v) is 3.04. The summed E-state index contributed by atoms with van der Waals surface area (Å²) in [5.74, 6) is 0.379. The number of hydrogen-bond acceptors (Lipinski definition) is 4. The first-order valence-corrected chi connectivity index (χ1v) is 8.57. The molecule has 0 aromatic heterocycles. The summed E-state index contributed by atoms with van der Waals surface area (Å²) in [4.78, 5) is 28.1. The average molecular weight is 343 g/mol. The predicted octanol–water partition coefficient (Wildman–Crippen LogP) is 1.91. The normalized spacial score (nSPS) is 14.8. The number of piperidine rings is 1. The van der Waals surface area contributed by atoms with Gasteiger partial charge in [-0.3, -0.25) is 9.59 Å². The molecule has 0 atom stereocenters. The minimum atomic E-state index is -0.215. The lowest BCUT2D eigenvalue weighted by Crippen LogP contribution is -2.44. The summed E-state index contributed by atoms with van der Waals surface area (Å²) in [5.41, 5.74) is 0.985. The average Bonchev–Trinajstić information content (AvgIpc) is 2.66. The number of hydrogen-bond donors (Lipinski definition) is 0. The van der Waals surface area contributed by atoms with Gasteiger partial charge in [-0.15, -0.1) is 0 Å². The lowest BCUT2D eigenvalue weighted by molar-refractivity contribution is -0.133. The van der Waals surface area contributed by atoms with Gasteiger partial charge in [-0.1, -0.05) is 0 Å². The molecule has 0 radical (unpaired) electrons. The third kappa shape index (κ3) is 5.30. The van der Waals surface area contributed by atoms with E-state index in [2.05, 4.69) is 0 Å². The van der Waals surface area contributed by atoms with Crippen LogP contribution in [0.15, 0.2) is 24.3 Å². The first kappa shape index (κ1) is 18.9. The fraction of sp³-hybridized carbons (Fsp3) is 0.526. The van der Waals surface area contributed by atoms with Crippen LogP contribution in [0.4, 0.5) is 0 Å². The van der Waals surface area contributed by atoms with Crippen molar-refractivity contribution in [2.24, 2.45) is 5.92 Å². The highest BCUT2D eigenvalue weighted by atomic mass is 16.5. The molecule has 1 heterocycles. The molecule has 1 fully saturated rings. The van der Waals surface area contributed by atoms with Crippen LogP contribution in [-0.2, 0) is 9.53 Å². The summed E-state index contributed by atoms with van der Waals surface area (Å²) in [6, 6.07) is 8.46. The quantitative estimate of drug-likeness (QED) is 0.791. The summed E-state index contributed by atoms with van der Waals surface area (Å²) in [7, 11) is 3.34. The van der Waals surface area contributed by atoms with Crippen LogP contribution < -0.4 is 0 Å². The number of carbonyl (C=O) groups excluding carboxylic acids is 2. The standard InChI is InChI=1S/C19H25N3O3/c1-21(19(24)17-5-3-16(13-20)4-6-17)14-18(23)22-10-7-15(8-11-22)9-12-25-2/h3-6,15H,7-12,14H2,1-2H3. The summed E-state index contributed by atoms with van der Waals surface area (Å²) < 4.78 is 5.11. The van der Waals surface area contributed by atoms with Crippen molar-refractivity contribution in [1.29, 1.82) is 5.26 Å². The van der Waals surface area contributed by atoms with Crippen LogP contribution in [0, 0.1) is 17.2 Å². The van der Waals surface area contributed by atoms with Crippen molar-refractivity contribution in [3.63, 3.8) is 0 Å². The molecule has 2 amide bonds. The first-order valence-electron chi connectivity index (χ1n) is 8.57. The van der Waals surface area contributed by atoms with Crippen molar-refractivity contribution in [2.75, 3.05) is 40.4 Å². The number of ether oxygens (including phenoxy) is 1. The maximum absolute atomic E-state index is 12.4. The number of rotatable bonds is 6. The molecule has 134 valence electrons. The molecule has 25 heavy (non-hydrogen) atoms. The SMILES string of the molecule is COCCC1CCN(C(=O)CN(C)C(=O)c2ccc(C#N)cc2)CC1. The Morgan fingerprint density at radius 2 is 1.92 bits per heavy atom. The van der Waals surface area contributed by atoms with Gasteiger partial charge in [0.1, 0.15) is 0 Å². The Bertz CT molecular complexity index is 628. The summed E-state index contributed by atoms with van der Waals surface area (Å²) in [6.07, 6.45) is 3.01. The fourth-order valence-electron chi connectivity index (χ4n) is 3.04. The molecule has 0 saturated carbocycles. The maximum atomic E-state index is 12.4. The highest BCUT2D eigenvalue weighted by Crippen LogP contribution is 2.20.